The third-order valence-electron chi connectivity index (χ3n) is 5.20. The Hall–Kier alpha value is -3.56. The number of hydrogen-bond donors (Lipinski definition) is 2. The maximum Gasteiger partial charge on any atom is 0.253 e. The summed E-state index contributed by atoms with van der Waals surface area (Å²) in [5.41, 5.74) is 1.65. The van der Waals surface area contributed by atoms with Crippen molar-refractivity contribution < 1.29 is 22.7 Å². The Morgan fingerprint density at radius 3 is 2.31 bits per heavy atom. The minimum atomic E-state index is -3.82. The summed E-state index contributed by atoms with van der Waals surface area (Å²) >= 11 is 6.14. The minimum Gasteiger partial charge on any atom is -0.495 e. The van der Waals surface area contributed by atoms with Crippen molar-refractivity contribution in [2.75, 3.05) is 29.5 Å². The first-order valence-electron chi connectivity index (χ1n) is 10.7. The van der Waals surface area contributed by atoms with Gasteiger partial charge in [-0.2, -0.15) is 0 Å². The van der Waals surface area contributed by atoms with Crippen LogP contribution < -0.4 is 19.7 Å². The molecule has 0 unspecified atom stereocenters. The van der Waals surface area contributed by atoms with E-state index in [1.54, 1.807) is 24.3 Å². The summed E-state index contributed by atoms with van der Waals surface area (Å²) in [6, 6.07) is 20.1. The maximum absolute atomic E-state index is 12.9. The monoisotopic (exact) mass is 515 g/mol. The van der Waals surface area contributed by atoms with Crippen molar-refractivity contribution in [1.82, 2.24) is 5.32 Å². The Labute approximate surface area is 209 Å². The number of hydrogen-bond acceptors (Lipinski definition) is 5. The van der Waals surface area contributed by atoms with E-state index in [0.29, 0.717) is 5.75 Å². The zero-order valence-corrected chi connectivity index (χ0v) is 21.1. The molecule has 0 aromatic heterocycles. The number of nitrogens with one attached hydrogen (secondary N) is 2. The summed E-state index contributed by atoms with van der Waals surface area (Å²) in [5.74, 6) is -0.629. The van der Waals surface area contributed by atoms with E-state index in [9.17, 15) is 18.0 Å². The second-order valence-corrected chi connectivity index (χ2v) is 10.1. The van der Waals surface area contributed by atoms with Crippen molar-refractivity contribution in [3.8, 4) is 5.75 Å². The normalized spacial score (nSPS) is 11.9. The average Bonchev–Trinajstić information content (AvgIpc) is 2.82. The van der Waals surface area contributed by atoms with Crippen LogP contribution >= 0.6 is 11.6 Å². The maximum atomic E-state index is 12.9. The van der Waals surface area contributed by atoms with Crippen LogP contribution in [0.2, 0.25) is 5.02 Å². The quantitative estimate of drug-likeness (QED) is 0.443. The van der Waals surface area contributed by atoms with Crippen LogP contribution in [0.1, 0.15) is 28.9 Å². The molecule has 8 nitrogen and oxygen atoms in total. The van der Waals surface area contributed by atoms with E-state index in [0.717, 1.165) is 16.1 Å². The summed E-state index contributed by atoms with van der Waals surface area (Å²) in [5, 5.41) is 5.76. The third kappa shape index (κ3) is 6.74. The van der Waals surface area contributed by atoms with Gasteiger partial charge >= 0.3 is 0 Å². The number of sulfonamides is 1. The third-order valence-corrected chi connectivity index (χ3v) is 6.64. The highest BCUT2D eigenvalue weighted by Gasteiger charge is 2.23. The summed E-state index contributed by atoms with van der Waals surface area (Å²) < 4.78 is 30.9. The van der Waals surface area contributed by atoms with Crippen LogP contribution in [0.25, 0.3) is 0 Å². The van der Waals surface area contributed by atoms with Gasteiger partial charge in [0, 0.05) is 0 Å². The van der Waals surface area contributed by atoms with Gasteiger partial charge < -0.3 is 15.4 Å². The molecule has 0 bridgehead atoms. The molecule has 2 N–H and O–H groups in total. The number of rotatable bonds is 9. The predicted molar refractivity (Wildman–Crippen MR) is 138 cm³/mol. The first-order chi connectivity index (χ1) is 16.6. The highest BCUT2D eigenvalue weighted by atomic mass is 35.5. The van der Waals surface area contributed by atoms with E-state index in [-0.39, 0.29) is 33.9 Å². The van der Waals surface area contributed by atoms with Crippen molar-refractivity contribution in [3.63, 3.8) is 0 Å². The standard InChI is InChI=1S/C25H26ClN3O5S/c1-17(18-9-5-4-6-10-18)27-25(31)20-11-7-8-12-22(20)28-24(30)16-29(35(3,32)33)19-13-14-23(34-2)21(26)15-19/h4-15,17H,16H2,1-3H3,(H,27,31)(H,28,30)/t17-/m0/s1. The number of methoxy groups -OCH3 is 1. The van der Waals surface area contributed by atoms with Gasteiger partial charge in [-0.1, -0.05) is 54.1 Å². The Morgan fingerprint density at radius 1 is 1.03 bits per heavy atom. The molecular formula is C25H26ClN3O5S. The first-order valence-corrected chi connectivity index (χ1v) is 12.9. The van der Waals surface area contributed by atoms with E-state index >= 15 is 0 Å². The number of amides is 2. The lowest BCUT2D eigenvalue weighted by molar-refractivity contribution is -0.114. The van der Waals surface area contributed by atoms with Gasteiger partial charge in [0.2, 0.25) is 15.9 Å². The van der Waals surface area contributed by atoms with Gasteiger partial charge in [0.05, 0.1) is 41.4 Å². The molecule has 0 fully saturated rings. The lowest BCUT2D eigenvalue weighted by atomic mass is 10.1. The zero-order chi connectivity index (χ0) is 25.6. The van der Waals surface area contributed by atoms with Gasteiger partial charge in [-0.05, 0) is 42.8 Å². The molecule has 10 heteroatoms. The number of nitrogens with zero attached hydrogens (tertiary/aromatic N) is 1. The van der Waals surface area contributed by atoms with E-state index in [1.807, 2.05) is 37.3 Å². The van der Waals surface area contributed by atoms with Crippen LogP contribution in [-0.2, 0) is 14.8 Å². The average molecular weight is 516 g/mol. The van der Waals surface area contributed by atoms with E-state index in [4.69, 9.17) is 16.3 Å². The molecular weight excluding hydrogens is 490 g/mol. The Balaban J connectivity index is 1.78. The highest BCUT2D eigenvalue weighted by Crippen LogP contribution is 2.30. The van der Waals surface area contributed by atoms with E-state index < -0.39 is 22.5 Å². The van der Waals surface area contributed by atoms with Crippen molar-refractivity contribution in [1.29, 1.82) is 0 Å². The predicted octanol–water partition coefficient (Wildman–Crippen LogP) is 4.24. The molecule has 2 amide bonds. The van der Waals surface area contributed by atoms with E-state index in [2.05, 4.69) is 10.6 Å². The lowest BCUT2D eigenvalue weighted by Crippen LogP contribution is -2.37. The van der Waals surface area contributed by atoms with Crippen LogP contribution in [0.4, 0.5) is 11.4 Å². The summed E-state index contributed by atoms with van der Waals surface area (Å²) in [7, 11) is -2.38. The summed E-state index contributed by atoms with van der Waals surface area (Å²) in [4.78, 5) is 25.8. The van der Waals surface area contributed by atoms with Crippen molar-refractivity contribution in [2.24, 2.45) is 0 Å². The molecule has 35 heavy (non-hydrogen) atoms. The van der Waals surface area contributed by atoms with Crippen LogP contribution in [0.3, 0.4) is 0 Å². The fraction of sp³-hybridized carbons (Fsp3) is 0.200. The van der Waals surface area contributed by atoms with Gasteiger partial charge in [0.15, 0.2) is 0 Å². The number of halogens is 1. The van der Waals surface area contributed by atoms with Gasteiger partial charge in [-0.3, -0.25) is 13.9 Å². The van der Waals surface area contributed by atoms with Crippen molar-refractivity contribution in [2.45, 2.75) is 13.0 Å². The summed E-state index contributed by atoms with van der Waals surface area (Å²) in [6.45, 7) is 1.34. The van der Waals surface area contributed by atoms with Crippen molar-refractivity contribution >= 4 is 44.8 Å². The second-order valence-electron chi connectivity index (χ2n) is 7.79. The molecule has 0 aliphatic carbocycles. The smallest absolute Gasteiger partial charge is 0.253 e. The number of ether oxygens (including phenoxy) is 1. The molecule has 1 atom stereocenters. The topological polar surface area (TPSA) is 105 Å². The number of benzene rings is 3. The Morgan fingerprint density at radius 2 is 1.69 bits per heavy atom. The fourth-order valence-corrected chi connectivity index (χ4v) is 4.52. The van der Waals surface area contributed by atoms with Gasteiger partial charge in [-0.25, -0.2) is 8.42 Å². The molecule has 0 spiro atoms. The Bertz CT molecular complexity index is 1320. The molecule has 3 rings (SSSR count). The number of anilines is 2. The number of carbonyl (C=O) groups is 2. The molecule has 0 aliphatic rings. The molecule has 184 valence electrons. The molecule has 0 saturated carbocycles. The second kappa shape index (κ2) is 11.2. The molecule has 3 aromatic carbocycles. The SMILES string of the molecule is COc1ccc(N(CC(=O)Nc2ccccc2C(=O)N[C@@H](C)c2ccccc2)S(C)(=O)=O)cc1Cl. The molecule has 0 aliphatic heterocycles. The number of carbonyl (C=O) groups excluding carboxylic acids is 2. The van der Waals surface area contributed by atoms with Crippen LogP contribution in [0.15, 0.2) is 72.8 Å². The lowest BCUT2D eigenvalue weighted by Gasteiger charge is -2.23. The molecule has 0 radical (unpaired) electrons. The number of para-hydroxylation sites is 1. The van der Waals surface area contributed by atoms with Gasteiger partial charge in [0.1, 0.15) is 12.3 Å². The van der Waals surface area contributed by atoms with Crippen LogP contribution in [-0.4, -0.2) is 40.1 Å². The van der Waals surface area contributed by atoms with Crippen LogP contribution in [0, 0.1) is 0 Å². The molecule has 0 heterocycles. The fourth-order valence-electron chi connectivity index (χ4n) is 3.42. The first kappa shape index (κ1) is 26.1. The van der Waals surface area contributed by atoms with Gasteiger partial charge in [0.25, 0.3) is 5.91 Å². The Kier molecular flexibility index (Phi) is 8.37. The largest absolute Gasteiger partial charge is 0.495 e. The zero-order valence-electron chi connectivity index (χ0n) is 19.5. The summed E-state index contributed by atoms with van der Waals surface area (Å²) in [6.07, 6.45) is 0.991. The van der Waals surface area contributed by atoms with Crippen LogP contribution in [0.5, 0.6) is 5.75 Å². The highest BCUT2D eigenvalue weighted by molar-refractivity contribution is 7.92. The van der Waals surface area contributed by atoms with Crippen molar-refractivity contribution in [3.05, 3.63) is 88.9 Å². The van der Waals surface area contributed by atoms with Gasteiger partial charge in [-0.15, -0.1) is 0 Å². The molecule has 0 saturated heterocycles. The van der Waals surface area contributed by atoms with E-state index in [1.165, 1.54) is 25.3 Å². The minimum absolute atomic E-state index is 0.202. The molecule has 3 aromatic rings.